The average molecular weight is 391 g/mol. The van der Waals surface area contributed by atoms with Crippen LogP contribution in [0.2, 0.25) is 0 Å². The van der Waals surface area contributed by atoms with Crippen molar-refractivity contribution >= 4 is 38.0 Å². The van der Waals surface area contributed by atoms with Gasteiger partial charge in [0.25, 0.3) is 5.56 Å². The molecule has 0 aliphatic rings. The van der Waals surface area contributed by atoms with Crippen LogP contribution in [0.5, 0.6) is 0 Å². The molecule has 1 aromatic heterocycles. The van der Waals surface area contributed by atoms with Gasteiger partial charge in [0.1, 0.15) is 0 Å². The lowest BCUT2D eigenvalue weighted by Crippen LogP contribution is -2.17. The summed E-state index contributed by atoms with van der Waals surface area (Å²) in [6, 6.07) is 10.7. The maximum absolute atomic E-state index is 12.3. The molecule has 0 aliphatic heterocycles. The number of anilines is 3. The largest absolute Gasteiger partial charge is 0.355 e. The Hall–Kier alpha value is -2.87. The molecule has 0 aliphatic carbocycles. The molecule has 27 heavy (non-hydrogen) atoms. The summed E-state index contributed by atoms with van der Waals surface area (Å²) >= 11 is 0. The van der Waals surface area contributed by atoms with Gasteiger partial charge in [0.2, 0.25) is 10.0 Å². The molecule has 7 nitrogen and oxygen atoms in total. The van der Waals surface area contributed by atoms with Gasteiger partial charge in [0, 0.05) is 21.3 Å². The SMILES string of the molecule is CCCS(=O)(=O)Nc1ccc(C)c(Nc2ccc3ncn(C)c(=O)c3c2)c1.[HH].[HH]. The van der Waals surface area contributed by atoms with Crippen molar-refractivity contribution in [3.63, 3.8) is 0 Å². The third-order valence-corrected chi connectivity index (χ3v) is 5.67. The van der Waals surface area contributed by atoms with Gasteiger partial charge in [0.05, 0.1) is 28.7 Å². The van der Waals surface area contributed by atoms with Crippen LogP contribution in [0, 0.1) is 6.92 Å². The quantitative estimate of drug-likeness (QED) is 0.670. The molecular formula is C19H26N4O3S. The first-order valence-electron chi connectivity index (χ1n) is 8.62. The summed E-state index contributed by atoms with van der Waals surface area (Å²) < 4.78 is 28.0. The van der Waals surface area contributed by atoms with E-state index in [-0.39, 0.29) is 14.2 Å². The van der Waals surface area contributed by atoms with Crippen LogP contribution >= 0.6 is 0 Å². The van der Waals surface area contributed by atoms with E-state index < -0.39 is 10.0 Å². The molecule has 0 unspecified atom stereocenters. The molecule has 3 rings (SSSR count). The van der Waals surface area contributed by atoms with Crippen molar-refractivity contribution < 1.29 is 11.3 Å². The van der Waals surface area contributed by atoms with Crippen LogP contribution in [-0.4, -0.2) is 23.7 Å². The maximum atomic E-state index is 12.3. The summed E-state index contributed by atoms with van der Waals surface area (Å²) in [5.41, 5.74) is 3.43. The standard InChI is InChI=1S/C19H22N4O3S.2H2/c1-4-9-27(25,26)22-15-6-5-13(2)18(11-15)21-14-7-8-17-16(10-14)19(24)23(3)12-20-17;;/h5-8,10-12,21-22H,4,9H2,1-3H3;2*1H. The molecule has 1 heterocycles. The van der Waals surface area contributed by atoms with Crippen molar-refractivity contribution in [2.45, 2.75) is 20.3 Å². The normalized spacial score (nSPS) is 11.5. The minimum Gasteiger partial charge on any atom is -0.355 e. The molecule has 0 fully saturated rings. The van der Waals surface area contributed by atoms with Gasteiger partial charge in [-0.05, 0) is 49.2 Å². The monoisotopic (exact) mass is 390 g/mol. The molecule has 0 saturated carbocycles. The van der Waals surface area contributed by atoms with E-state index in [1.165, 1.54) is 10.9 Å². The van der Waals surface area contributed by atoms with E-state index in [1.807, 2.05) is 26.0 Å². The number of hydrogen-bond donors (Lipinski definition) is 2. The molecule has 146 valence electrons. The molecule has 2 N–H and O–H groups in total. The Kier molecular flexibility index (Phi) is 5.18. The number of aryl methyl sites for hydroxylation is 2. The summed E-state index contributed by atoms with van der Waals surface area (Å²) in [6.07, 6.45) is 2.04. The number of sulfonamides is 1. The van der Waals surface area contributed by atoms with Gasteiger partial charge in [-0.3, -0.25) is 9.52 Å². The number of rotatable bonds is 6. The second-order valence-corrected chi connectivity index (χ2v) is 8.31. The first-order chi connectivity index (χ1) is 12.8. The predicted octanol–water partition coefficient (Wildman–Crippen LogP) is 3.63. The third-order valence-electron chi connectivity index (χ3n) is 4.18. The Bertz CT molecular complexity index is 1160. The second-order valence-electron chi connectivity index (χ2n) is 6.47. The van der Waals surface area contributed by atoms with Gasteiger partial charge in [-0.2, -0.15) is 0 Å². The Labute approximate surface area is 161 Å². The van der Waals surface area contributed by atoms with Crippen LogP contribution in [0.4, 0.5) is 17.1 Å². The smallest absolute Gasteiger partial charge is 0.260 e. The minimum atomic E-state index is -3.36. The summed E-state index contributed by atoms with van der Waals surface area (Å²) in [4.78, 5) is 16.5. The highest BCUT2D eigenvalue weighted by molar-refractivity contribution is 7.92. The van der Waals surface area contributed by atoms with E-state index in [1.54, 1.807) is 31.3 Å². The van der Waals surface area contributed by atoms with Crippen LogP contribution in [0.25, 0.3) is 10.9 Å². The third kappa shape index (κ3) is 4.28. The van der Waals surface area contributed by atoms with E-state index in [0.29, 0.717) is 23.0 Å². The zero-order valence-electron chi connectivity index (χ0n) is 15.5. The van der Waals surface area contributed by atoms with Crippen molar-refractivity contribution in [1.29, 1.82) is 0 Å². The lowest BCUT2D eigenvalue weighted by atomic mass is 10.1. The van der Waals surface area contributed by atoms with Crippen LogP contribution in [-0.2, 0) is 17.1 Å². The number of hydrogen-bond acceptors (Lipinski definition) is 5. The van der Waals surface area contributed by atoms with Crippen LogP contribution in [0.15, 0.2) is 47.5 Å². The molecule has 0 atom stereocenters. The van der Waals surface area contributed by atoms with E-state index in [4.69, 9.17) is 0 Å². The van der Waals surface area contributed by atoms with Gasteiger partial charge < -0.3 is 9.88 Å². The fraction of sp³-hybridized carbons (Fsp3) is 0.263. The predicted molar refractivity (Wildman–Crippen MR) is 113 cm³/mol. The summed E-state index contributed by atoms with van der Waals surface area (Å²) in [5, 5.41) is 3.77. The highest BCUT2D eigenvalue weighted by atomic mass is 32.2. The Morgan fingerprint density at radius 3 is 2.63 bits per heavy atom. The zero-order valence-corrected chi connectivity index (χ0v) is 16.3. The van der Waals surface area contributed by atoms with Gasteiger partial charge >= 0.3 is 0 Å². The molecule has 0 bridgehead atoms. The van der Waals surface area contributed by atoms with Gasteiger partial charge in [-0.15, -0.1) is 0 Å². The molecule has 2 aromatic carbocycles. The summed E-state index contributed by atoms with van der Waals surface area (Å²) in [6.45, 7) is 3.74. The van der Waals surface area contributed by atoms with E-state index in [2.05, 4.69) is 15.0 Å². The molecule has 8 heteroatoms. The number of nitrogens with one attached hydrogen (secondary N) is 2. The van der Waals surface area contributed by atoms with Crippen molar-refractivity contribution in [3.05, 3.63) is 58.6 Å². The second kappa shape index (κ2) is 7.40. The number of aromatic nitrogens is 2. The molecule has 0 radical (unpaired) electrons. The van der Waals surface area contributed by atoms with Crippen molar-refractivity contribution in [3.8, 4) is 0 Å². The van der Waals surface area contributed by atoms with Crippen molar-refractivity contribution in [1.82, 2.24) is 9.55 Å². The minimum absolute atomic E-state index is 0. The molecule has 0 amide bonds. The lowest BCUT2D eigenvalue weighted by Gasteiger charge is -2.13. The molecule has 0 spiro atoms. The highest BCUT2D eigenvalue weighted by Gasteiger charge is 2.10. The Balaban J connectivity index is 0.00000210. The first kappa shape index (κ1) is 18.9. The van der Waals surface area contributed by atoms with Crippen molar-refractivity contribution in [2.75, 3.05) is 15.8 Å². The molecule has 3 aromatic rings. The van der Waals surface area contributed by atoms with Crippen molar-refractivity contribution in [2.24, 2.45) is 7.05 Å². The highest BCUT2D eigenvalue weighted by Crippen LogP contribution is 2.26. The molecular weight excluding hydrogens is 364 g/mol. The number of benzene rings is 2. The summed E-state index contributed by atoms with van der Waals surface area (Å²) in [5.74, 6) is 0.0740. The van der Waals surface area contributed by atoms with Crippen LogP contribution in [0.1, 0.15) is 21.8 Å². The molecule has 0 saturated heterocycles. The lowest BCUT2D eigenvalue weighted by molar-refractivity contribution is 0.600. The summed E-state index contributed by atoms with van der Waals surface area (Å²) in [7, 11) is -1.70. The van der Waals surface area contributed by atoms with E-state index in [9.17, 15) is 13.2 Å². The first-order valence-corrected chi connectivity index (χ1v) is 10.3. The Morgan fingerprint density at radius 2 is 1.89 bits per heavy atom. The van der Waals surface area contributed by atoms with Crippen LogP contribution < -0.4 is 15.6 Å². The number of nitrogens with zero attached hydrogens (tertiary/aromatic N) is 2. The van der Waals surface area contributed by atoms with Gasteiger partial charge in [-0.1, -0.05) is 13.0 Å². The fourth-order valence-electron chi connectivity index (χ4n) is 2.76. The van der Waals surface area contributed by atoms with Crippen LogP contribution in [0.3, 0.4) is 0 Å². The average Bonchev–Trinajstić information content (AvgIpc) is 2.61. The zero-order chi connectivity index (χ0) is 19.6. The Morgan fingerprint density at radius 1 is 1.15 bits per heavy atom. The van der Waals surface area contributed by atoms with E-state index in [0.717, 1.165) is 16.9 Å². The number of fused-ring (bicyclic) bond motifs is 1. The fourth-order valence-corrected chi connectivity index (χ4v) is 3.89. The van der Waals surface area contributed by atoms with Gasteiger partial charge in [0.15, 0.2) is 0 Å². The maximum Gasteiger partial charge on any atom is 0.260 e. The van der Waals surface area contributed by atoms with Gasteiger partial charge in [-0.25, -0.2) is 13.4 Å². The van der Waals surface area contributed by atoms with E-state index >= 15 is 0 Å². The topological polar surface area (TPSA) is 93.1 Å².